The smallest absolute Gasteiger partial charge is 0.221 e. The largest absolute Gasteiger partial charge is 0.356 e. The highest BCUT2D eigenvalue weighted by atomic mass is 16.2. The van der Waals surface area contributed by atoms with Gasteiger partial charge in [-0.1, -0.05) is 6.08 Å². The van der Waals surface area contributed by atoms with Crippen LogP contribution in [0.1, 0.15) is 25.7 Å². The number of allylic oxidation sites excluding steroid dienone is 2. The Bertz CT molecular complexity index is 273. The molecule has 0 aromatic rings. The first-order valence-electron chi connectivity index (χ1n) is 4.70. The van der Waals surface area contributed by atoms with Gasteiger partial charge in [-0.3, -0.25) is 14.4 Å². The molecule has 1 heterocycles. The molecular formula is C10H13NO3. The van der Waals surface area contributed by atoms with Gasteiger partial charge in [0, 0.05) is 19.4 Å². The van der Waals surface area contributed by atoms with Crippen molar-refractivity contribution in [1.82, 2.24) is 5.32 Å². The molecule has 1 fully saturated rings. The van der Waals surface area contributed by atoms with Crippen LogP contribution < -0.4 is 5.32 Å². The van der Waals surface area contributed by atoms with Gasteiger partial charge >= 0.3 is 0 Å². The number of Topliss-reactive ketones (excluding diaryl/α,β-unsaturated/α-hetero) is 1. The summed E-state index contributed by atoms with van der Waals surface area (Å²) in [5.74, 6) is -0.404. The fourth-order valence-corrected chi connectivity index (χ4v) is 1.19. The highest BCUT2D eigenvalue weighted by Gasteiger charge is 2.11. The number of ketones is 2. The summed E-state index contributed by atoms with van der Waals surface area (Å²) >= 11 is 0. The standard InChI is InChI=1S/C6H6O2.C4H7NO/c7-5-3-1-2-4-6(5)8;6-4-2-1-3-5-4/h1,3H,2,4H2;1-3H2,(H,5,6). The third-order valence-electron chi connectivity index (χ3n) is 1.98. The Kier molecular flexibility index (Phi) is 4.04. The quantitative estimate of drug-likeness (QED) is 0.568. The molecule has 0 aromatic heterocycles. The van der Waals surface area contributed by atoms with Crippen LogP contribution in [0.15, 0.2) is 12.2 Å². The van der Waals surface area contributed by atoms with Crippen molar-refractivity contribution in [2.24, 2.45) is 0 Å². The van der Waals surface area contributed by atoms with Crippen LogP contribution in [0.25, 0.3) is 0 Å². The Morgan fingerprint density at radius 1 is 1.14 bits per heavy atom. The van der Waals surface area contributed by atoms with Crippen LogP contribution in [0.4, 0.5) is 0 Å². The van der Waals surface area contributed by atoms with Crippen molar-refractivity contribution in [1.29, 1.82) is 0 Å². The number of carbonyl (C=O) groups is 3. The number of hydrogen-bond acceptors (Lipinski definition) is 3. The fraction of sp³-hybridized carbons (Fsp3) is 0.500. The SMILES string of the molecule is O=C1C=CCCC1=O.O=C1CCCN1. The molecule has 1 aliphatic heterocycles. The van der Waals surface area contributed by atoms with Crippen LogP contribution in [0.3, 0.4) is 0 Å². The van der Waals surface area contributed by atoms with E-state index >= 15 is 0 Å². The number of carbonyl (C=O) groups excluding carboxylic acids is 3. The van der Waals surface area contributed by atoms with Crippen molar-refractivity contribution >= 4 is 17.5 Å². The minimum absolute atomic E-state index is 0.204. The maximum absolute atomic E-state index is 10.4. The van der Waals surface area contributed by atoms with E-state index in [0.717, 1.165) is 25.8 Å². The van der Waals surface area contributed by atoms with Crippen LogP contribution in [0.2, 0.25) is 0 Å². The van der Waals surface area contributed by atoms with Gasteiger partial charge in [0.1, 0.15) is 0 Å². The molecule has 0 aromatic carbocycles. The maximum atomic E-state index is 10.4. The van der Waals surface area contributed by atoms with Gasteiger partial charge in [-0.2, -0.15) is 0 Å². The van der Waals surface area contributed by atoms with E-state index in [9.17, 15) is 14.4 Å². The molecule has 0 saturated carbocycles. The van der Waals surface area contributed by atoms with Gasteiger partial charge in [0.05, 0.1) is 0 Å². The van der Waals surface area contributed by atoms with E-state index in [1.54, 1.807) is 6.08 Å². The van der Waals surface area contributed by atoms with Crippen molar-refractivity contribution in [2.45, 2.75) is 25.7 Å². The van der Waals surface area contributed by atoms with E-state index in [1.807, 2.05) is 0 Å². The average Bonchev–Trinajstić information content (AvgIpc) is 2.63. The number of nitrogens with one attached hydrogen (secondary N) is 1. The summed E-state index contributed by atoms with van der Waals surface area (Å²) in [7, 11) is 0. The van der Waals surface area contributed by atoms with Crippen molar-refractivity contribution in [3.05, 3.63) is 12.2 Å². The summed E-state index contributed by atoms with van der Waals surface area (Å²) in [6.45, 7) is 0.888. The molecular weight excluding hydrogens is 182 g/mol. The summed E-state index contributed by atoms with van der Waals surface area (Å²) in [5.41, 5.74) is 0. The predicted octanol–water partition coefficient (Wildman–Crippen LogP) is 0.371. The molecule has 0 unspecified atom stereocenters. The van der Waals surface area contributed by atoms with Crippen LogP contribution >= 0.6 is 0 Å². The molecule has 0 radical (unpaired) electrons. The lowest BCUT2D eigenvalue weighted by Crippen LogP contribution is -2.12. The van der Waals surface area contributed by atoms with Gasteiger partial charge in [-0.05, 0) is 18.9 Å². The van der Waals surface area contributed by atoms with Crippen LogP contribution in [0.5, 0.6) is 0 Å². The van der Waals surface area contributed by atoms with E-state index in [-0.39, 0.29) is 17.5 Å². The minimum atomic E-state index is -0.351. The lowest BCUT2D eigenvalue weighted by Gasteiger charge is -1.96. The van der Waals surface area contributed by atoms with Crippen molar-refractivity contribution in [3.8, 4) is 0 Å². The molecule has 14 heavy (non-hydrogen) atoms. The molecule has 4 heteroatoms. The molecule has 2 aliphatic rings. The Hall–Kier alpha value is -1.45. The minimum Gasteiger partial charge on any atom is -0.356 e. The summed E-state index contributed by atoms with van der Waals surface area (Å²) in [6.07, 6.45) is 5.95. The third kappa shape index (κ3) is 3.51. The zero-order valence-corrected chi connectivity index (χ0v) is 7.91. The predicted molar refractivity (Wildman–Crippen MR) is 50.6 cm³/mol. The van der Waals surface area contributed by atoms with E-state index in [1.165, 1.54) is 6.08 Å². The molecule has 1 saturated heterocycles. The first-order valence-corrected chi connectivity index (χ1v) is 4.70. The molecule has 1 amide bonds. The second kappa shape index (κ2) is 5.32. The van der Waals surface area contributed by atoms with Gasteiger partial charge in [-0.25, -0.2) is 0 Å². The molecule has 0 spiro atoms. The summed E-state index contributed by atoms with van der Waals surface area (Å²) in [5, 5.41) is 2.68. The van der Waals surface area contributed by atoms with E-state index in [2.05, 4.69) is 5.32 Å². The molecule has 0 bridgehead atoms. The van der Waals surface area contributed by atoms with Gasteiger partial charge in [0.2, 0.25) is 17.5 Å². The number of amides is 1. The second-order valence-corrected chi connectivity index (χ2v) is 3.18. The Morgan fingerprint density at radius 3 is 2.21 bits per heavy atom. The lowest BCUT2D eigenvalue weighted by molar-refractivity contribution is -0.134. The van der Waals surface area contributed by atoms with Crippen molar-refractivity contribution < 1.29 is 14.4 Å². The van der Waals surface area contributed by atoms with Crippen LogP contribution in [0, 0.1) is 0 Å². The molecule has 1 aliphatic carbocycles. The average molecular weight is 195 g/mol. The summed E-state index contributed by atoms with van der Waals surface area (Å²) in [6, 6.07) is 0. The zero-order chi connectivity index (χ0) is 10.4. The van der Waals surface area contributed by atoms with Crippen molar-refractivity contribution in [3.63, 3.8) is 0 Å². The molecule has 1 N–H and O–H groups in total. The van der Waals surface area contributed by atoms with Crippen LogP contribution in [-0.4, -0.2) is 24.0 Å². The number of hydrogen-bond donors (Lipinski definition) is 1. The molecule has 76 valence electrons. The first-order chi connectivity index (χ1) is 6.70. The summed E-state index contributed by atoms with van der Waals surface area (Å²) < 4.78 is 0. The topological polar surface area (TPSA) is 63.2 Å². The van der Waals surface area contributed by atoms with Gasteiger partial charge in [-0.15, -0.1) is 0 Å². The fourth-order valence-electron chi connectivity index (χ4n) is 1.19. The molecule has 0 atom stereocenters. The van der Waals surface area contributed by atoms with E-state index in [4.69, 9.17) is 0 Å². The first kappa shape index (κ1) is 10.6. The van der Waals surface area contributed by atoms with Gasteiger partial charge in [0.25, 0.3) is 0 Å². The Morgan fingerprint density at radius 2 is 1.93 bits per heavy atom. The molecule has 4 nitrogen and oxygen atoms in total. The number of rotatable bonds is 0. The van der Waals surface area contributed by atoms with Crippen LogP contribution in [-0.2, 0) is 14.4 Å². The van der Waals surface area contributed by atoms with E-state index < -0.39 is 0 Å². The lowest BCUT2D eigenvalue weighted by atomic mass is 10.1. The Balaban J connectivity index is 0.000000146. The highest BCUT2D eigenvalue weighted by molar-refractivity contribution is 6.42. The second-order valence-electron chi connectivity index (χ2n) is 3.18. The third-order valence-corrected chi connectivity index (χ3v) is 1.98. The maximum Gasteiger partial charge on any atom is 0.221 e. The zero-order valence-electron chi connectivity index (χ0n) is 7.91. The summed E-state index contributed by atoms with van der Waals surface area (Å²) in [4.78, 5) is 30.9. The normalized spacial score (nSPS) is 20.1. The van der Waals surface area contributed by atoms with E-state index in [0.29, 0.717) is 6.42 Å². The molecule has 2 rings (SSSR count). The van der Waals surface area contributed by atoms with Gasteiger partial charge in [0.15, 0.2) is 0 Å². The highest BCUT2D eigenvalue weighted by Crippen LogP contribution is 2.00. The Labute approximate surface area is 82.4 Å². The monoisotopic (exact) mass is 195 g/mol. The van der Waals surface area contributed by atoms with Crippen molar-refractivity contribution in [2.75, 3.05) is 6.54 Å². The van der Waals surface area contributed by atoms with Gasteiger partial charge < -0.3 is 5.32 Å².